The average molecular weight is 302 g/mol. The Morgan fingerprint density at radius 3 is 2.69 bits per heavy atom. The summed E-state index contributed by atoms with van der Waals surface area (Å²) in [6, 6.07) is 5.60. The van der Waals surface area contributed by atoms with Gasteiger partial charge in [0.15, 0.2) is 0 Å². The molecule has 5 heteroatoms. The summed E-state index contributed by atoms with van der Waals surface area (Å²) in [5.41, 5.74) is 1.82. The van der Waals surface area contributed by atoms with Crippen molar-refractivity contribution in [2.75, 3.05) is 7.11 Å². The first kappa shape index (κ1) is 11.5. The van der Waals surface area contributed by atoms with Crippen LogP contribution in [0.25, 0.3) is 11.3 Å². The number of ether oxygens (including phenoxy) is 1. The van der Waals surface area contributed by atoms with Crippen LogP contribution >= 0.6 is 27.5 Å². The molecular formula is C11H10BrClN2O. The van der Waals surface area contributed by atoms with Crippen molar-refractivity contribution in [3.8, 4) is 17.0 Å². The molecule has 2 aromatic rings. The number of nitrogens with zero attached hydrogens (tertiary/aromatic N) is 2. The number of hydrogen-bond donors (Lipinski definition) is 0. The monoisotopic (exact) mass is 300 g/mol. The van der Waals surface area contributed by atoms with E-state index in [4.69, 9.17) is 16.3 Å². The lowest BCUT2D eigenvalue weighted by Crippen LogP contribution is -1.89. The zero-order valence-electron chi connectivity index (χ0n) is 8.87. The van der Waals surface area contributed by atoms with Gasteiger partial charge in [0.1, 0.15) is 11.4 Å². The molecule has 1 aromatic carbocycles. The Morgan fingerprint density at radius 2 is 2.19 bits per heavy atom. The van der Waals surface area contributed by atoms with Crippen LogP contribution in [0.2, 0.25) is 5.02 Å². The van der Waals surface area contributed by atoms with Gasteiger partial charge >= 0.3 is 0 Å². The SMILES string of the molecule is COc1ccc(-c2nn(C)cc2Br)cc1Cl. The molecule has 0 aliphatic carbocycles. The molecule has 2 rings (SSSR count). The van der Waals surface area contributed by atoms with Crippen LogP contribution in [0.5, 0.6) is 5.75 Å². The van der Waals surface area contributed by atoms with Gasteiger partial charge in [0.25, 0.3) is 0 Å². The zero-order valence-corrected chi connectivity index (χ0v) is 11.2. The second-order valence-corrected chi connectivity index (χ2v) is 4.61. The van der Waals surface area contributed by atoms with Crippen LogP contribution in [0.1, 0.15) is 0 Å². The minimum absolute atomic E-state index is 0.581. The van der Waals surface area contributed by atoms with Crippen molar-refractivity contribution in [3.05, 3.63) is 33.9 Å². The Hall–Kier alpha value is -1.000. The van der Waals surface area contributed by atoms with Crippen LogP contribution in [0.4, 0.5) is 0 Å². The quantitative estimate of drug-likeness (QED) is 0.849. The van der Waals surface area contributed by atoms with E-state index in [1.54, 1.807) is 11.8 Å². The lowest BCUT2D eigenvalue weighted by atomic mass is 10.1. The smallest absolute Gasteiger partial charge is 0.137 e. The molecule has 0 radical (unpaired) electrons. The van der Waals surface area contributed by atoms with E-state index in [1.807, 2.05) is 31.4 Å². The number of aromatic nitrogens is 2. The zero-order chi connectivity index (χ0) is 11.7. The molecule has 0 unspecified atom stereocenters. The van der Waals surface area contributed by atoms with E-state index in [0.29, 0.717) is 10.8 Å². The van der Waals surface area contributed by atoms with Crippen LogP contribution in [-0.4, -0.2) is 16.9 Å². The van der Waals surface area contributed by atoms with Crippen LogP contribution in [-0.2, 0) is 7.05 Å². The van der Waals surface area contributed by atoms with Gasteiger partial charge in [-0.3, -0.25) is 4.68 Å². The van der Waals surface area contributed by atoms with E-state index in [9.17, 15) is 0 Å². The summed E-state index contributed by atoms with van der Waals surface area (Å²) >= 11 is 9.52. The van der Waals surface area contributed by atoms with E-state index in [1.165, 1.54) is 0 Å². The predicted molar refractivity (Wildman–Crippen MR) is 67.9 cm³/mol. The fourth-order valence-electron chi connectivity index (χ4n) is 1.47. The van der Waals surface area contributed by atoms with Gasteiger partial charge < -0.3 is 4.74 Å². The molecule has 0 saturated heterocycles. The van der Waals surface area contributed by atoms with Crippen molar-refractivity contribution in [1.29, 1.82) is 0 Å². The van der Waals surface area contributed by atoms with E-state index < -0.39 is 0 Å². The minimum atomic E-state index is 0.581. The lowest BCUT2D eigenvalue weighted by molar-refractivity contribution is 0.415. The maximum absolute atomic E-state index is 6.06. The molecule has 0 saturated carbocycles. The Morgan fingerprint density at radius 1 is 1.44 bits per heavy atom. The molecule has 3 nitrogen and oxygen atoms in total. The van der Waals surface area contributed by atoms with Gasteiger partial charge in [0.05, 0.1) is 16.6 Å². The lowest BCUT2D eigenvalue weighted by Gasteiger charge is -2.04. The molecule has 0 amide bonds. The molecule has 1 aromatic heterocycles. The highest BCUT2D eigenvalue weighted by atomic mass is 79.9. The normalized spacial score (nSPS) is 10.5. The van der Waals surface area contributed by atoms with E-state index in [-0.39, 0.29) is 0 Å². The topological polar surface area (TPSA) is 27.1 Å². The predicted octanol–water partition coefficient (Wildman–Crippen LogP) is 3.51. The van der Waals surface area contributed by atoms with Gasteiger partial charge in [0, 0.05) is 18.8 Å². The van der Waals surface area contributed by atoms with Gasteiger partial charge in [-0.05, 0) is 34.1 Å². The summed E-state index contributed by atoms with van der Waals surface area (Å²) in [5.74, 6) is 0.664. The van der Waals surface area contributed by atoms with Crippen molar-refractivity contribution in [3.63, 3.8) is 0 Å². The summed E-state index contributed by atoms with van der Waals surface area (Å²) in [5, 5.41) is 4.93. The first-order chi connectivity index (χ1) is 7.61. The highest BCUT2D eigenvalue weighted by Gasteiger charge is 2.10. The molecule has 0 atom stereocenters. The third-order valence-corrected chi connectivity index (χ3v) is 3.09. The largest absolute Gasteiger partial charge is 0.495 e. The summed E-state index contributed by atoms with van der Waals surface area (Å²) in [6.07, 6.45) is 1.90. The number of hydrogen-bond acceptors (Lipinski definition) is 2. The Kier molecular flexibility index (Phi) is 3.21. The summed E-state index contributed by atoms with van der Waals surface area (Å²) in [6.45, 7) is 0. The van der Waals surface area contributed by atoms with Crippen LogP contribution in [0.3, 0.4) is 0 Å². The maximum atomic E-state index is 6.06. The highest BCUT2D eigenvalue weighted by molar-refractivity contribution is 9.10. The molecule has 0 N–H and O–H groups in total. The van der Waals surface area contributed by atoms with Crippen LogP contribution < -0.4 is 4.74 Å². The number of halogens is 2. The standard InChI is InChI=1S/C11H10BrClN2O/c1-15-6-8(12)11(14-15)7-3-4-10(16-2)9(13)5-7/h3-6H,1-2H3. The summed E-state index contributed by atoms with van der Waals surface area (Å²) < 4.78 is 7.79. The first-order valence-corrected chi connectivity index (χ1v) is 5.82. The van der Waals surface area contributed by atoms with E-state index in [0.717, 1.165) is 15.7 Å². The Bertz CT molecular complexity index is 525. The fourth-order valence-corrected chi connectivity index (χ4v) is 2.33. The number of rotatable bonds is 2. The first-order valence-electron chi connectivity index (χ1n) is 4.65. The second-order valence-electron chi connectivity index (χ2n) is 3.35. The highest BCUT2D eigenvalue weighted by Crippen LogP contribution is 2.32. The van der Waals surface area contributed by atoms with Crippen molar-refractivity contribution in [2.24, 2.45) is 7.05 Å². The third kappa shape index (κ3) is 2.08. The number of methoxy groups -OCH3 is 1. The van der Waals surface area contributed by atoms with Crippen molar-refractivity contribution in [2.45, 2.75) is 0 Å². The van der Waals surface area contributed by atoms with Gasteiger partial charge in [-0.25, -0.2) is 0 Å². The summed E-state index contributed by atoms with van der Waals surface area (Å²) in [4.78, 5) is 0. The number of benzene rings is 1. The maximum Gasteiger partial charge on any atom is 0.137 e. The van der Waals surface area contributed by atoms with Crippen molar-refractivity contribution >= 4 is 27.5 Å². The van der Waals surface area contributed by atoms with E-state index >= 15 is 0 Å². The van der Waals surface area contributed by atoms with Crippen LogP contribution in [0, 0.1) is 0 Å². The molecule has 0 spiro atoms. The second kappa shape index (κ2) is 4.47. The average Bonchev–Trinajstić information content (AvgIpc) is 2.58. The molecule has 1 heterocycles. The van der Waals surface area contributed by atoms with Gasteiger partial charge in [-0.2, -0.15) is 5.10 Å². The fraction of sp³-hybridized carbons (Fsp3) is 0.182. The number of aryl methyl sites for hydroxylation is 1. The van der Waals surface area contributed by atoms with E-state index in [2.05, 4.69) is 21.0 Å². The van der Waals surface area contributed by atoms with Gasteiger partial charge in [0.2, 0.25) is 0 Å². The molecular weight excluding hydrogens is 291 g/mol. The van der Waals surface area contributed by atoms with Gasteiger partial charge in [-0.15, -0.1) is 0 Å². The third-order valence-electron chi connectivity index (χ3n) is 2.21. The molecule has 0 aliphatic heterocycles. The van der Waals surface area contributed by atoms with Gasteiger partial charge in [-0.1, -0.05) is 11.6 Å². The minimum Gasteiger partial charge on any atom is -0.495 e. The Balaban J connectivity index is 2.49. The molecule has 84 valence electrons. The molecule has 0 bridgehead atoms. The molecule has 0 aliphatic rings. The Labute approximate surface area is 107 Å². The molecule has 16 heavy (non-hydrogen) atoms. The van der Waals surface area contributed by atoms with Crippen LogP contribution in [0.15, 0.2) is 28.9 Å². The van der Waals surface area contributed by atoms with Crippen molar-refractivity contribution in [1.82, 2.24) is 9.78 Å². The summed E-state index contributed by atoms with van der Waals surface area (Å²) in [7, 11) is 3.47. The van der Waals surface area contributed by atoms with Crippen molar-refractivity contribution < 1.29 is 4.74 Å². The molecule has 0 fully saturated rings.